The number of nitrogens with one attached hydrogen (secondary N) is 3. The Morgan fingerprint density at radius 3 is 2.19 bits per heavy atom. The maximum atomic E-state index is 11.5. The van der Waals surface area contributed by atoms with Gasteiger partial charge in [-0.2, -0.15) is 31.8 Å². The minimum atomic E-state index is -4.71. The molecule has 0 amide bonds. The fourth-order valence-corrected chi connectivity index (χ4v) is 3.05. The van der Waals surface area contributed by atoms with E-state index in [2.05, 4.69) is 30.9 Å². The standard InChI is InChI=1S/C12H17N7O6S2/c1-14-10-17-11(15-5-4-13)19-12(18-10)16-8-6-7(26(20,21)22)2-3-9(8)27(23,24)25/h2-3,6H,4-5,13H2,1H3,(H,20,21,22)(H,23,24,25)(H3,14,15,16,17,18,19). The van der Waals surface area contributed by atoms with E-state index in [-0.39, 0.29) is 23.5 Å². The lowest BCUT2D eigenvalue weighted by atomic mass is 10.3. The predicted octanol–water partition coefficient (Wildman–Crippen LogP) is -0.479. The van der Waals surface area contributed by atoms with Crippen LogP contribution in [0.5, 0.6) is 0 Å². The van der Waals surface area contributed by atoms with Crippen LogP contribution in [0.3, 0.4) is 0 Å². The summed E-state index contributed by atoms with van der Waals surface area (Å²) in [4.78, 5) is 10.7. The molecule has 0 spiro atoms. The van der Waals surface area contributed by atoms with Gasteiger partial charge in [-0.1, -0.05) is 0 Å². The first-order chi connectivity index (χ1) is 12.5. The molecule has 27 heavy (non-hydrogen) atoms. The molecule has 15 heteroatoms. The van der Waals surface area contributed by atoms with E-state index < -0.39 is 30.0 Å². The quantitative estimate of drug-likeness (QED) is 0.299. The van der Waals surface area contributed by atoms with Gasteiger partial charge in [-0.05, 0) is 18.2 Å². The van der Waals surface area contributed by atoms with E-state index in [9.17, 15) is 21.4 Å². The van der Waals surface area contributed by atoms with Crippen LogP contribution in [-0.2, 0) is 20.2 Å². The van der Waals surface area contributed by atoms with Crippen LogP contribution in [0.2, 0.25) is 0 Å². The van der Waals surface area contributed by atoms with Gasteiger partial charge in [0.05, 0.1) is 10.6 Å². The van der Waals surface area contributed by atoms with Crippen molar-refractivity contribution in [2.75, 3.05) is 36.1 Å². The predicted molar refractivity (Wildman–Crippen MR) is 96.3 cm³/mol. The van der Waals surface area contributed by atoms with Crippen LogP contribution in [0, 0.1) is 0 Å². The Hall–Kier alpha value is -2.59. The van der Waals surface area contributed by atoms with Gasteiger partial charge in [0, 0.05) is 20.1 Å². The highest BCUT2D eigenvalue weighted by Crippen LogP contribution is 2.27. The minimum Gasteiger partial charge on any atom is -0.357 e. The Balaban J connectivity index is 2.54. The summed E-state index contributed by atoms with van der Waals surface area (Å²) in [6, 6.07) is 2.45. The fourth-order valence-electron chi connectivity index (χ4n) is 1.92. The summed E-state index contributed by atoms with van der Waals surface area (Å²) in [5.74, 6) is 0.0688. The van der Waals surface area contributed by atoms with Crippen LogP contribution in [0.1, 0.15) is 0 Å². The van der Waals surface area contributed by atoms with Crippen LogP contribution in [0.25, 0.3) is 0 Å². The van der Waals surface area contributed by atoms with Gasteiger partial charge in [0.15, 0.2) is 0 Å². The maximum absolute atomic E-state index is 11.5. The van der Waals surface area contributed by atoms with Crippen LogP contribution >= 0.6 is 0 Å². The molecule has 148 valence electrons. The number of nitrogens with zero attached hydrogens (tertiary/aromatic N) is 3. The van der Waals surface area contributed by atoms with Crippen molar-refractivity contribution in [2.45, 2.75) is 9.79 Å². The van der Waals surface area contributed by atoms with Gasteiger partial charge >= 0.3 is 0 Å². The molecule has 0 fully saturated rings. The summed E-state index contributed by atoms with van der Waals surface area (Å²) in [5, 5.41) is 7.97. The molecule has 0 atom stereocenters. The van der Waals surface area contributed by atoms with Gasteiger partial charge < -0.3 is 21.7 Å². The second kappa shape index (κ2) is 7.97. The second-order valence-corrected chi connectivity index (χ2v) is 7.82. The van der Waals surface area contributed by atoms with Crippen molar-refractivity contribution in [3.8, 4) is 0 Å². The molecule has 1 aromatic carbocycles. The first-order valence-corrected chi connectivity index (χ1v) is 10.2. The van der Waals surface area contributed by atoms with E-state index >= 15 is 0 Å². The SMILES string of the molecule is CNc1nc(NCCN)nc(Nc2cc(S(=O)(=O)O)ccc2S(=O)(=O)O)n1. The van der Waals surface area contributed by atoms with Gasteiger partial charge in [0.1, 0.15) is 4.90 Å². The number of aromatic nitrogens is 3. The molecule has 0 bridgehead atoms. The molecule has 0 saturated carbocycles. The van der Waals surface area contributed by atoms with Crippen LogP contribution in [-0.4, -0.2) is 61.0 Å². The van der Waals surface area contributed by atoms with Crippen molar-refractivity contribution >= 4 is 43.8 Å². The molecule has 1 heterocycles. The van der Waals surface area contributed by atoms with Crippen molar-refractivity contribution in [1.29, 1.82) is 0 Å². The Morgan fingerprint density at radius 1 is 1.00 bits per heavy atom. The van der Waals surface area contributed by atoms with E-state index in [0.29, 0.717) is 13.1 Å². The average molecular weight is 419 g/mol. The fraction of sp³-hybridized carbons (Fsp3) is 0.250. The van der Waals surface area contributed by atoms with Crippen LogP contribution in [0.4, 0.5) is 23.5 Å². The Labute approximate surface area is 154 Å². The highest BCUT2D eigenvalue weighted by atomic mass is 32.2. The van der Waals surface area contributed by atoms with Crippen molar-refractivity contribution < 1.29 is 25.9 Å². The first kappa shape index (κ1) is 20.7. The average Bonchev–Trinajstić information content (AvgIpc) is 2.58. The Kier molecular flexibility index (Phi) is 6.11. The van der Waals surface area contributed by atoms with Gasteiger partial charge in [-0.25, -0.2) is 0 Å². The molecular formula is C12H17N7O6S2. The molecule has 0 aliphatic rings. The second-order valence-electron chi connectivity index (χ2n) is 5.00. The zero-order valence-electron chi connectivity index (χ0n) is 13.9. The normalized spacial score (nSPS) is 11.9. The van der Waals surface area contributed by atoms with E-state index in [0.717, 1.165) is 18.2 Å². The monoisotopic (exact) mass is 419 g/mol. The van der Waals surface area contributed by atoms with Crippen LogP contribution in [0.15, 0.2) is 28.0 Å². The van der Waals surface area contributed by atoms with Gasteiger partial charge in [0.2, 0.25) is 17.8 Å². The summed E-state index contributed by atoms with van der Waals surface area (Å²) in [6.45, 7) is 0.647. The third-order valence-corrected chi connectivity index (χ3v) is 4.82. The lowest BCUT2D eigenvalue weighted by molar-refractivity contribution is 0.479. The Morgan fingerprint density at radius 2 is 1.63 bits per heavy atom. The van der Waals surface area contributed by atoms with Crippen molar-refractivity contribution in [3.05, 3.63) is 18.2 Å². The number of benzene rings is 1. The summed E-state index contributed by atoms with van der Waals surface area (Å²) in [5.41, 5.74) is 5.02. The third-order valence-electron chi connectivity index (χ3n) is 3.06. The number of nitrogens with two attached hydrogens (primary N) is 1. The largest absolute Gasteiger partial charge is 0.357 e. The van der Waals surface area contributed by atoms with Crippen LogP contribution < -0.4 is 21.7 Å². The number of hydrogen-bond acceptors (Lipinski definition) is 11. The number of hydrogen-bond donors (Lipinski definition) is 6. The molecule has 1 aromatic heterocycles. The molecule has 2 aromatic rings. The van der Waals surface area contributed by atoms with E-state index in [1.165, 1.54) is 7.05 Å². The Bertz CT molecular complexity index is 1040. The maximum Gasteiger partial charge on any atom is 0.296 e. The molecule has 2 rings (SSSR count). The molecular weight excluding hydrogens is 402 g/mol. The van der Waals surface area contributed by atoms with Gasteiger partial charge in [0.25, 0.3) is 20.2 Å². The lowest BCUT2D eigenvalue weighted by Gasteiger charge is -2.12. The zero-order chi connectivity index (χ0) is 20.2. The van der Waals surface area contributed by atoms with E-state index in [1.54, 1.807) is 0 Å². The molecule has 0 unspecified atom stereocenters. The van der Waals surface area contributed by atoms with Gasteiger partial charge in [-0.15, -0.1) is 0 Å². The van der Waals surface area contributed by atoms with E-state index in [1.807, 2.05) is 0 Å². The van der Waals surface area contributed by atoms with Crippen molar-refractivity contribution in [2.24, 2.45) is 5.73 Å². The molecule has 0 aliphatic carbocycles. The summed E-state index contributed by atoms with van der Waals surface area (Å²) in [6.07, 6.45) is 0. The van der Waals surface area contributed by atoms with Gasteiger partial charge in [-0.3, -0.25) is 9.11 Å². The van der Waals surface area contributed by atoms with E-state index in [4.69, 9.17) is 10.3 Å². The van der Waals surface area contributed by atoms with Crippen molar-refractivity contribution in [1.82, 2.24) is 15.0 Å². The topological polar surface area (TPSA) is 210 Å². The highest BCUT2D eigenvalue weighted by Gasteiger charge is 2.21. The lowest BCUT2D eigenvalue weighted by Crippen LogP contribution is -2.16. The molecule has 0 saturated heterocycles. The molecule has 0 aliphatic heterocycles. The number of anilines is 4. The smallest absolute Gasteiger partial charge is 0.296 e. The summed E-state index contributed by atoms with van der Waals surface area (Å²) in [7, 11) is -7.80. The molecule has 7 N–H and O–H groups in total. The molecule has 13 nitrogen and oxygen atoms in total. The third kappa shape index (κ3) is 5.44. The zero-order valence-corrected chi connectivity index (χ0v) is 15.5. The minimum absolute atomic E-state index is 0.113. The summed E-state index contributed by atoms with van der Waals surface area (Å²) < 4.78 is 64.2. The number of rotatable bonds is 8. The highest BCUT2D eigenvalue weighted by molar-refractivity contribution is 7.86. The van der Waals surface area contributed by atoms with Crippen molar-refractivity contribution in [3.63, 3.8) is 0 Å². The molecule has 0 radical (unpaired) electrons. The first-order valence-electron chi connectivity index (χ1n) is 7.28. The summed E-state index contributed by atoms with van der Waals surface area (Å²) >= 11 is 0.